The molecule has 0 atom stereocenters. The summed E-state index contributed by atoms with van der Waals surface area (Å²) in [6.45, 7) is 4.17. The van der Waals surface area contributed by atoms with Crippen LogP contribution >= 0.6 is 11.6 Å². The summed E-state index contributed by atoms with van der Waals surface area (Å²) >= 11 is 6.61. The minimum absolute atomic E-state index is 0.0170. The summed E-state index contributed by atoms with van der Waals surface area (Å²) in [4.78, 5) is 21.6. The van der Waals surface area contributed by atoms with E-state index in [0.29, 0.717) is 35.0 Å². The zero-order chi connectivity index (χ0) is 25.0. The number of aryl methyl sites for hydroxylation is 1. The summed E-state index contributed by atoms with van der Waals surface area (Å²) in [6, 6.07) is 19.0. The van der Waals surface area contributed by atoms with E-state index in [-0.39, 0.29) is 5.69 Å². The zero-order valence-electron chi connectivity index (χ0n) is 19.4. The number of unbranched alkanes of at least 4 members (excludes halogenated alkanes) is 1. The molecule has 2 aromatic carbocycles. The van der Waals surface area contributed by atoms with Gasteiger partial charge in [0.15, 0.2) is 5.65 Å². The molecule has 0 spiro atoms. The molecule has 1 amide bonds. The second-order valence-electron chi connectivity index (χ2n) is 8.09. The molecular weight excluding hydrogens is 484 g/mol. The van der Waals surface area contributed by atoms with Gasteiger partial charge in [-0.25, -0.2) is 23.1 Å². The quantitative estimate of drug-likeness (QED) is 0.340. The topological polar surface area (TPSA) is 94.0 Å². The van der Waals surface area contributed by atoms with Crippen molar-refractivity contribution in [3.05, 3.63) is 94.3 Å². The van der Waals surface area contributed by atoms with Gasteiger partial charge in [0, 0.05) is 10.4 Å². The lowest BCUT2D eigenvalue weighted by Crippen LogP contribution is -2.29. The Morgan fingerprint density at radius 3 is 2.54 bits per heavy atom. The maximum Gasteiger partial charge on any atom is 0.283 e. The van der Waals surface area contributed by atoms with Gasteiger partial charge in [-0.1, -0.05) is 73.5 Å². The van der Waals surface area contributed by atoms with Crippen molar-refractivity contribution in [3.63, 3.8) is 0 Å². The molecule has 35 heavy (non-hydrogen) atoms. The number of nitrogens with one attached hydrogen (secondary N) is 1. The third-order valence-electron chi connectivity index (χ3n) is 5.47. The highest BCUT2D eigenvalue weighted by molar-refractivity contribution is 7.92. The first kappa shape index (κ1) is 24.6. The lowest BCUT2D eigenvalue weighted by atomic mass is 10.0. The number of rotatable bonds is 8. The van der Waals surface area contributed by atoms with Crippen LogP contribution in [-0.2, 0) is 16.6 Å². The van der Waals surface area contributed by atoms with Crippen LogP contribution in [-0.4, -0.2) is 28.9 Å². The second-order valence-corrected chi connectivity index (χ2v) is 10.1. The average molecular weight is 509 g/mol. The molecule has 0 aliphatic heterocycles. The molecule has 0 aliphatic rings. The molecule has 2 heterocycles. The number of nitrogens with zero attached hydrogens (tertiary/aromatic N) is 3. The molecule has 0 radical (unpaired) electrons. The molecule has 1 N–H and O–H groups in total. The van der Waals surface area contributed by atoms with Crippen LogP contribution in [0.25, 0.3) is 22.3 Å². The van der Waals surface area contributed by atoms with E-state index in [4.69, 9.17) is 11.6 Å². The molecule has 0 bridgehead atoms. The number of hydrogen-bond acceptors (Lipinski definition) is 5. The zero-order valence-corrected chi connectivity index (χ0v) is 21.0. The van der Waals surface area contributed by atoms with Crippen LogP contribution in [0.15, 0.2) is 72.1 Å². The first-order valence-corrected chi connectivity index (χ1v) is 13.1. The number of halogens is 1. The molecule has 0 unspecified atom stereocenters. The van der Waals surface area contributed by atoms with Crippen LogP contribution in [0, 0.1) is 6.92 Å². The Morgan fingerprint density at radius 2 is 1.83 bits per heavy atom. The summed E-state index contributed by atoms with van der Waals surface area (Å²) < 4.78 is 28.2. The van der Waals surface area contributed by atoms with E-state index >= 15 is 0 Å². The van der Waals surface area contributed by atoms with Crippen molar-refractivity contribution in [1.29, 1.82) is 0 Å². The van der Waals surface area contributed by atoms with E-state index in [0.717, 1.165) is 28.5 Å². The number of amides is 1. The second kappa shape index (κ2) is 10.4. The number of benzene rings is 2. The Labute approximate surface area is 209 Å². The minimum Gasteiger partial charge on any atom is -0.308 e. The highest BCUT2D eigenvalue weighted by atomic mass is 35.5. The first-order valence-electron chi connectivity index (χ1n) is 11.2. The van der Waals surface area contributed by atoms with E-state index in [1.165, 1.54) is 12.1 Å². The maximum atomic E-state index is 12.6. The highest BCUT2D eigenvalue weighted by Gasteiger charge is 2.18. The van der Waals surface area contributed by atoms with Gasteiger partial charge in [0.05, 0.1) is 6.54 Å². The standard InChI is InChI=1S/C26H25ClN4O3S/c1-3-4-8-15-35(33,34)30-26(32)24-14-13-23-25(29-24)31(18(2)28-23)17-21-12-11-20(16-22(21)27)19-9-6-5-7-10-19/h5-16H,3-4,17H2,1-2H3,(H,30,32)/b15-8+. The van der Waals surface area contributed by atoms with Gasteiger partial charge in [0.2, 0.25) is 0 Å². The summed E-state index contributed by atoms with van der Waals surface area (Å²) in [5, 5.41) is 1.61. The molecule has 4 aromatic rings. The summed E-state index contributed by atoms with van der Waals surface area (Å²) in [5.74, 6) is -0.105. The summed E-state index contributed by atoms with van der Waals surface area (Å²) in [6.07, 6.45) is 2.92. The van der Waals surface area contributed by atoms with E-state index in [1.54, 1.807) is 6.07 Å². The maximum absolute atomic E-state index is 12.6. The molecule has 0 saturated carbocycles. The third kappa shape index (κ3) is 5.78. The van der Waals surface area contributed by atoms with Crippen LogP contribution in [0.2, 0.25) is 5.02 Å². The molecule has 4 rings (SSSR count). The van der Waals surface area contributed by atoms with Crippen molar-refractivity contribution in [1.82, 2.24) is 19.3 Å². The summed E-state index contributed by atoms with van der Waals surface area (Å²) in [7, 11) is -3.90. The smallest absolute Gasteiger partial charge is 0.283 e. The van der Waals surface area contributed by atoms with E-state index < -0.39 is 15.9 Å². The van der Waals surface area contributed by atoms with Gasteiger partial charge in [0.25, 0.3) is 15.9 Å². The minimum atomic E-state index is -3.90. The molecule has 180 valence electrons. The van der Waals surface area contributed by atoms with Gasteiger partial charge in [-0.15, -0.1) is 0 Å². The van der Waals surface area contributed by atoms with Gasteiger partial charge in [-0.3, -0.25) is 4.79 Å². The predicted molar refractivity (Wildman–Crippen MR) is 139 cm³/mol. The van der Waals surface area contributed by atoms with Crippen LogP contribution in [0.5, 0.6) is 0 Å². The van der Waals surface area contributed by atoms with Crippen molar-refractivity contribution < 1.29 is 13.2 Å². The van der Waals surface area contributed by atoms with Crippen molar-refractivity contribution in [2.24, 2.45) is 0 Å². The number of hydrogen-bond donors (Lipinski definition) is 1. The number of allylic oxidation sites excluding steroid dienone is 1. The Balaban J connectivity index is 1.61. The molecular formula is C26H25ClN4O3S. The van der Waals surface area contributed by atoms with E-state index in [2.05, 4.69) is 9.97 Å². The van der Waals surface area contributed by atoms with Crippen molar-refractivity contribution in [3.8, 4) is 11.1 Å². The molecule has 0 fully saturated rings. The Morgan fingerprint density at radius 1 is 1.06 bits per heavy atom. The number of carbonyl (C=O) groups is 1. The highest BCUT2D eigenvalue weighted by Crippen LogP contribution is 2.27. The van der Waals surface area contributed by atoms with Gasteiger partial charge < -0.3 is 4.57 Å². The van der Waals surface area contributed by atoms with Crippen molar-refractivity contribution in [2.75, 3.05) is 0 Å². The number of fused-ring (bicyclic) bond motifs is 1. The van der Waals surface area contributed by atoms with Gasteiger partial charge in [0.1, 0.15) is 17.0 Å². The van der Waals surface area contributed by atoms with E-state index in [1.807, 2.05) is 71.7 Å². The molecule has 9 heteroatoms. The Kier molecular flexibility index (Phi) is 7.33. The van der Waals surface area contributed by atoms with Crippen LogP contribution in [0.1, 0.15) is 41.6 Å². The fourth-order valence-corrected chi connectivity index (χ4v) is 4.72. The van der Waals surface area contributed by atoms with E-state index in [9.17, 15) is 13.2 Å². The first-order chi connectivity index (χ1) is 16.8. The van der Waals surface area contributed by atoms with Gasteiger partial charge in [-0.2, -0.15) is 0 Å². The van der Waals surface area contributed by atoms with Crippen molar-refractivity contribution in [2.45, 2.75) is 33.2 Å². The summed E-state index contributed by atoms with van der Waals surface area (Å²) in [5.41, 5.74) is 4.00. The lowest BCUT2D eigenvalue weighted by molar-refractivity contribution is 0.0977. The predicted octanol–water partition coefficient (Wildman–Crippen LogP) is 5.48. The van der Waals surface area contributed by atoms with Gasteiger partial charge in [-0.05, 0) is 48.2 Å². The monoisotopic (exact) mass is 508 g/mol. The molecule has 0 aliphatic carbocycles. The number of carbonyl (C=O) groups excluding carboxylic acids is 1. The lowest BCUT2D eigenvalue weighted by Gasteiger charge is -2.11. The SMILES string of the molecule is CCC/C=C/S(=O)(=O)NC(=O)c1ccc2nc(C)n(Cc3ccc(-c4ccccc4)cc3Cl)c2n1. The van der Waals surface area contributed by atoms with Crippen LogP contribution in [0.4, 0.5) is 0 Å². The number of imidazole rings is 1. The van der Waals surface area contributed by atoms with Gasteiger partial charge >= 0.3 is 0 Å². The van der Waals surface area contributed by atoms with Crippen LogP contribution in [0.3, 0.4) is 0 Å². The molecule has 2 aromatic heterocycles. The third-order valence-corrected chi connectivity index (χ3v) is 6.84. The fourth-order valence-electron chi connectivity index (χ4n) is 3.66. The number of aromatic nitrogens is 3. The average Bonchev–Trinajstić information content (AvgIpc) is 3.14. The Bertz CT molecular complexity index is 1510. The van der Waals surface area contributed by atoms with Crippen LogP contribution < -0.4 is 4.72 Å². The normalized spacial score (nSPS) is 11.9. The number of pyridine rings is 1. The Hall–Kier alpha value is -3.49. The van der Waals surface area contributed by atoms with Crippen molar-refractivity contribution >= 4 is 38.7 Å². The molecule has 7 nitrogen and oxygen atoms in total. The largest absolute Gasteiger partial charge is 0.308 e. The number of sulfonamides is 1. The fraction of sp³-hybridized carbons (Fsp3) is 0.192. The molecule has 0 saturated heterocycles.